The van der Waals surface area contributed by atoms with Crippen LogP contribution < -0.4 is 10.6 Å². The van der Waals surface area contributed by atoms with Gasteiger partial charge in [0.15, 0.2) is 0 Å². The Kier molecular flexibility index (Phi) is 6.50. The summed E-state index contributed by atoms with van der Waals surface area (Å²) >= 11 is 0. The molecule has 2 heterocycles. The highest BCUT2D eigenvalue weighted by molar-refractivity contribution is 6.35. The Morgan fingerprint density at radius 3 is 2.55 bits per heavy atom. The molecule has 170 valence electrons. The molecule has 0 atom stereocenters. The van der Waals surface area contributed by atoms with Gasteiger partial charge in [0.1, 0.15) is 0 Å². The second-order valence-corrected chi connectivity index (χ2v) is 9.09. The van der Waals surface area contributed by atoms with Crippen molar-refractivity contribution >= 4 is 29.2 Å². The standard InChI is InChI=1S/C28H31N3O2/c1-17(2)9-8-14-29-28(33)26-18(3)25(30-19(26)4)16-23-22-15-21(20-10-6-5-7-11-20)12-13-24(22)31-27(23)32/h5-7,10-13,15-17,30H,8-9,14H2,1-4H3,(H,29,33)(H,31,32)/b23-16-. The maximum absolute atomic E-state index is 12.8. The summed E-state index contributed by atoms with van der Waals surface area (Å²) in [5.74, 6) is 0.414. The van der Waals surface area contributed by atoms with Gasteiger partial charge in [0, 0.05) is 29.2 Å². The van der Waals surface area contributed by atoms with E-state index in [2.05, 4.69) is 41.6 Å². The van der Waals surface area contributed by atoms with Crippen LogP contribution in [0.5, 0.6) is 0 Å². The van der Waals surface area contributed by atoms with Gasteiger partial charge in [-0.15, -0.1) is 0 Å². The van der Waals surface area contributed by atoms with Crippen molar-refractivity contribution in [3.05, 3.63) is 76.6 Å². The number of aromatic amines is 1. The normalized spacial score (nSPS) is 14.0. The molecule has 5 nitrogen and oxygen atoms in total. The molecule has 3 N–H and O–H groups in total. The molecule has 0 saturated heterocycles. The van der Waals surface area contributed by atoms with E-state index < -0.39 is 0 Å². The molecule has 0 radical (unpaired) electrons. The van der Waals surface area contributed by atoms with Crippen LogP contribution in [0.3, 0.4) is 0 Å². The summed E-state index contributed by atoms with van der Waals surface area (Å²) in [7, 11) is 0. The van der Waals surface area contributed by atoms with Gasteiger partial charge in [-0.25, -0.2) is 0 Å². The van der Waals surface area contributed by atoms with Gasteiger partial charge in [0.25, 0.3) is 11.8 Å². The first-order valence-corrected chi connectivity index (χ1v) is 11.6. The number of benzene rings is 2. The summed E-state index contributed by atoms with van der Waals surface area (Å²) < 4.78 is 0. The molecule has 0 bridgehead atoms. The van der Waals surface area contributed by atoms with E-state index in [1.54, 1.807) is 0 Å². The fourth-order valence-corrected chi connectivity index (χ4v) is 4.35. The maximum Gasteiger partial charge on any atom is 0.256 e. The largest absolute Gasteiger partial charge is 0.358 e. The SMILES string of the molecule is Cc1[nH]c(/C=C2\C(=O)Nc3ccc(-c4ccccc4)cc32)c(C)c1C(=O)NCCCC(C)C. The Labute approximate surface area is 195 Å². The van der Waals surface area contributed by atoms with Gasteiger partial charge in [-0.05, 0) is 67.5 Å². The molecule has 0 fully saturated rings. The van der Waals surface area contributed by atoms with Crippen molar-refractivity contribution < 1.29 is 9.59 Å². The summed E-state index contributed by atoms with van der Waals surface area (Å²) in [4.78, 5) is 28.9. The summed E-state index contributed by atoms with van der Waals surface area (Å²) in [5, 5.41) is 5.99. The number of anilines is 1. The lowest BCUT2D eigenvalue weighted by Gasteiger charge is -2.07. The van der Waals surface area contributed by atoms with Crippen LogP contribution in [0.2, 0.25) is 0 Å². The van der Waals surface area contributed by atoms with E-state index in [4.69, 9.17) is 0 Å². The van der Waals surface area contributed by atoms with Crippen LogP contribution in [0.15, 0.2) is 48.5 Å². The molecule has 0 spiro atoms. The minimum atomic E-state index is -0.137. The summed E-state index contributed by atoms with van der Waals surface area (Å²) in [6, 6.07) is 16.1. The Hall–Kier alpha value is -3.60. The highest BCUT2D eigenvalue weighted by Crippen LogP contribution is 2.36. The van der Waals surface area contributed by atoms with Crippen LogP contribution in [0.4, 0.5) is 5.69 Å². The first-order valence-electron chi connectivity index (χ1n) is 11.6. The fraction of sp³-hybridized carbons (Fsp3) is 0.286. The molecule has 2 aromatic carbocycles. The van der Waals surface area contributed by atoms with Crippen molar-refractivity contribution in [3.63, 3.8) is 0 Å². The van der Waals surface area contributed by atoms with Crippen molar-refractivity contribution in [1.29, 1.82) is 0 Å². The maximum atomic E-state index is 12.8. The van der Waals surface area contributed by atoms with Gasteiger partial charge in [0.2, 0.25) is 0 Å². The second-order valence-electron chi connectivity index (χ2n) is 9.09. The van der Waals surface area contributed by atoms with Gasteiger partial charge in [0.05, 0.1) is 11.1 Å². The first kappa shape index (κ1) is 22.6. The Morgan fingerprint density at radius 1 is 1.06 bits per heavy atom. The molecule has 5 heteroatoms. The number of nitrogens with one attached hydrogen (secondary N) is 3. The molecule has 4 rings (SSSR count). The number of carbonyl (C=O) groups excluding carboxylic acids is 2. The summed E-state index contributed by atoms with van der Waals surface area (Å²) in [5.41, 5.74) is 7.50. The van der Waals surface area contributed by atoms with Crippen molar-refractivity contribution in [2.45, 2.75) is 40.5 Å². The number of H-pyrrole nitrogens is 1. The molecular weight excluding hydrogens is 410 g/mol. The Balaban J connectivity index is 1.62. The van der Waals surface area contributed by atoms with Gasteiger partial charge in [-0.3, -0.25) is 9.59 Å². The number of aryl methyl sites for hydroxylation is 1. The van der Waals surface area contributed by atoms with Crippen LogP contribution in [0.25, 0.3) is 22.8 Å². The predicted octanol–water partition coefficient (Wildman–Crippen LogP) is 5.96. The minimum absolute atomic E-state index is 0.0720. The first-order chi connectivity index (χ1) is 15.8. The van der Waals surface area contributed by atoms with Crippen LogP contribution in [0, 0.1) is 19.8 Å². The van der Waals surface area contributed by atoms with E-state index >= 15 is 0 Å². The van der Waals surface area contributed by atoms with Crippen molar-refractivity contribution in [3.8, 4) is 11.1 Å². The van der Waals surface area contributed by atoms with Gasteiger partial charge in [-0.2, -0.15) is 0 Å². The smallest absolute Gasteiger partial charge is 0.256 e. The highest BCUT2D eigenvalue weighted by atomic mass is 16.2. The molecular formula is C28H31N3O2. The van der Waals surface area contributed by atoms with Gasteiger partial charge >= 0.3 is 0 Å². The molecule has 1 aromatic heterocycles. The molecule has 3 aromatic rings. The zero-order chi connectivity index (χ0) is 23.5. The zero-order valence-electron chi connectivity index (χ0n) is 19.7. The zero-order valence-corrected chi connectivity index (χ0v) is 19.7. The van der Waals surface area contributed by atoms with Crippen LogP contribution in [0.1, 0.15) is 59.6 Å². The molecule has 2 amide bonds. The minimum Gasteiger partial charge on any atom is -0.358 e. The van der Waals surface area contributed by atoms with E-state index in [1.165, 1.54) is 0 Å². The Morgan fingerprint density at radius 2 is 1.82 bits per heavy atom. The highest BCUT2D eigenvalue weighted by Gasteiger charge is 2.26. The second kappa shape index (κ2) is 9.49. The molecule has 1 aliphatic rings. The third-order valence-electron chi connectivity index (χ3n) is 6.15. The van der Waals surface area contributed by atoms with Crippen molar-refractivity contribution in [1.82, 2.24) is 10.3 Å². The van der Waals surface area contributed by atoms with Crippen LogP contribution >= 0.6 is 0 Å². The third-order valence-corrected chi connectivity index (χ3v) is 6.15. The van der Waals surface area contributed by atoms with E-state index in [0.29, 0.717) is 23.6 Å². The van der Waals surface area contributed by atoms with E-state index in [1.807, 2.05) is 56.3 Å². The number of amides is 2. The van der Waals surface area contributed by atoms with Gasteiger partial charge in [-0.1, -0.05) is 50.2 Å². The monoisotopic (exact) mass is 441 g/mol. The fourth-order valence-electron chi connectivity index (χ4n) is 4.35. The average Bonchev–Trinajstić information content (AvgIpc) is 3.26. The summed E-state index contributed by atoms with van der Waals surface area (Å²) in [6.45, 7) is 8.85. The van der Waals surface area contributed by atoms with E-state index in [9.17, 15) is 9.59 Å². The van der Waals surface area contributed by atoms with E-state index in [-0.39, 0.29) is 11.8 Å². The Bertz CT molecular complexity index is 1220. The lowest BCUT2D eigenvalue weighted by atomic mass is 9.98. The van der Waals surface area contributed by atoms with Crippen LogP contribution in [-0.2, 0) is 4.79 Å². The third kappa shape index (κ3) is 4.77. The molecule has 0 saturated carbocycles. The molecule has 1 aliphatic heterocycles. The van der Waals surface area contributed by atoms with Crippen molar-refractivity contribution in [2.24, 2.45) is 5.92 Å². The summed E-state index contributed by atoms with van der Waals surface area (Å²) in [6.07, 6.45) is 3.90. The quantitative estimate of drug-likeness (QED) is 0.313. The van der Waals surface area contributed by atoms with Crippen LogP contribution in [-0.4, -0.2) is 23.3 Å². The number of hydrogen-bond acceptors (Lipinski definition) is 2. The van der Waals surface area contributed by atoms with Gasteiger partial charge < -0.3 is 15.6 Å². The number of fused-ring (bicyclic) bond motifs is 1. The molecule has 0 unspecified atom stereocenters. The number of carbonyl (C=O) groups is 2. The topological polar surface area (TPSA) is 74.0 Å². The predicted molar refractivity (Wildman–Crippen MR) is 135 cm³/mol. The number of aromatic nitrogens is 1. The lowest BCUT2D eigenvalue weighted by Crippen LogP contribution is -2.25. The van der Waals surface area contributed by atoms with Crippen molar-refractivity contribution in [2.75, 3.05) is 11.9 Å². The molecule has 0 aliphatic carbocycles. The van der Waals surface area contributed by atoms with E-state index in [0.717, 1.165) is 52.2 Å². The number of rotatable bonds is 7. The average molecular weight is 442 g/mol. The molecule has 33 heavy (non-hydrogen) atoms. The number of hydrogen-bond donors (Lipinski definition) is 3. The lowest BCUT2D eigenvalue weighted by molar-refractivity contribution is -0.110.